The van der Waals surface area contributed by atoms with Gasteiger partial charge in [-0.2, -0.15) is 15.0 Å². The van der Waals surface area contributed by atoms with E-state index in [9.17, 15) is 4.79 Å². The molecule has 0 aromatic carbocycles. The summed E-state index contributed by atoms with van der Waals surface area (Å²) >= 11 is 5.79. The number of halogens is 1. The highest BCUT2D eigenvalue weighted by Crippen LogP contribution is 2.28. The van der Waals surface area contributed by atoms with Gasteiger partial charge in [-0.1, -0.05) is 6.92 Å². The first-order valence-electron chi connectivity index (χ1n) is 6.75. The van der Waals surface area contributed by atoms with E-state index < -0.39 is 0 Å². The van der Waals surface area contributed by atoms with E-state index in [1.165, 1.54) is 0 Å². The SMILES string of the molecule is CCCOc1nc(Cl)nc(NCCNC(=O)C2CC2)n1. The van der Waals surface area contributed by atoms with Crippen molar-refractivity contribution in [3.8, 4) is 6.01 Å². The zero-order valence-electron chi connectivity index (χ0n) is 11.4. The van der Waals surface area contributed by atoms with Crippen molar-refractivity contribution in [3.63, 3.8) is 0 Å². The maximum Gasteiger partial charge on any atom is 0.322 e. The van der Waals surface area contributed by atoms with Crippen molar-refractivity contribution in [1.82, 2.24) is 20.3 Å². The van der Waals surface area contributed by atoms with Crippen molar-refractivity contribution >= 4 is 23.5 Å². The molecule has 1 fully saturated rings. The molecule has 0 unspecified atom stereocenters. The Morgan fingerprint density at radius 2 is 2.15 bits per heavy atom. The number of nitrogens with one attached hydrogen (secondary N) is 2. The molecule has 1 aromatic heterocycles. The fraction of sp³-hybridized carbons (Fsp3) is 0.667. The standard InChI is InChI=1S/C12H18ClN5O2/c1-2-7-20-12-17-10(13)16-11(18-12)15-6-5-14-9(19)8-3-4-8/h8H,2-7H2,1H3,(H,14,19)(H,15,16,17,18). The lowest BCUT2D eigenvalue weighted by atomic mass is 10.4. The monoisotopic (exact) mass is 299 g/mol. The summed E-state index contributed by atoms with van der Waals surface area (Å²) in [6.45, 7) is 3.55. The largest absolute Gasteiger partial charge is 0.463 e. The topological polar surface area (TPSA) is 89.0 Å². The Bertz CT molecular complexity index is 467. The Morgan fingerprint density at radius 1 is 1.35 bits per heavy atom. The summed E-state index contributed by atoms with van der Waals surface area (Å²) in [4.78, 5) is 23.3. The molecule has 2 rings (SSSR count). The highest BCUT2D eigenvalue weighted by Gasteiger charge is 2.28. The van der Waals surface area contributed by atoms with Gasteiger partial charge in [-0.25, -0.2) is 0 Å². The molecular weight excluding hydrogens is 282 g/mol. The number of anilines is 1. The van der Waals surface area contributed by atoms with Crippen LogP contribution in [0.4, 0.5) is 5.95 Å². The van der Waals surface area contributed by atoms with Crippen molar-refractivity contribution in [3.05, 3.63) is 5.28 Å². The van der Waals surface area contributed by atoms with Crippen molar-refractivity contribution in [2.24, 2.45) is 5.92 Å². The van der Waals surface area contributed by atoms with Crippen LogP contribution in [0.3, 0.4) is 0 Å². The highest BCUT2D eigenvalue weighted by atomic mass is 35.5. The number of hydrogen-bond acceptors (Lipinski definition) is 6. The van der Waals surface area contributed by atoms with Gasteiger partial charge >= 0.3 is 6.01 Å². The molecular formula is C12H18ClN5O2. The Kier molecular flexibility index (Phi) is 5.34. The van der Waals surface area contributed by atoms with Crippen LogP contribution in [0.5, 0.6) is 6.01 Å². The number of rotatable bonds is 8. The van der Waals surface area contributed by atoms with Gasteiger partial charge in [0.1, 0.15) is 0 Å². The normalized spacial score (nSPS) is 13.9. The number of carbonyl (C=O) groups is 1. The van der Waals surface area contributed by atoms with E-state index in [0.717, 1.165) is 19.3 Å². The van der Waals surface area contributed by atoms with Crippen LogP contribution in [0.1, 0.15) is 26.2 Å². The molecule has 2 N–H and O–H groups in total. The first kappa shape index (κ1) is 14.8. The second-order valence-corrected chi connectivity index (χ2v) is 4.89. The Morgan fingerprint density at radius 3 is 2.85 bits per heavy atom. The smallest absolute Gasteiger partial charge is 0.322 e. The second kappa shape index (κ2) is 7.23. The third kappa shape index (κ3) is 4.80. The Hall–Kier alpha value is -1.63. The predicted octanol–water partition coefficient (Wildman–Crippen LogP) is 1.25. The highest BCUT2D eigenvalue weighted by molar-refractivity contribution is 6.28. The maximum atomic E-state index is 11.4. The molecule has 0 atom stereocenters. The summed E-state index contributed by atoms with van der Waals surface area (Å²) < 4.78 is 5.30. The van der Waals surface area contributed by atoms with Gasteiger partial charge in [0.2, 0.25) is 17.1 Å². The fourth-order valence-corrected chi connectivity index (χ4v) is 1.67. The minimum atomic E-state index is 0.0793. The number of aromatic nitrogens is 3. The van der Waals surface area contributed by atoms with Gasteiger partial charge in [0.25, 0.3) is 0 Å². The third-order valence-electron chi connectivity index (χ3n) is 2.68. The van der Waals surface area contributed by atoms with Crippen molar-refractivity contribution < 1.29 is 9.53 Å². The summed E-state index contributed by atoms with van der Waals surface area (Å²) in [5.41, 5.74) is 0. The third-order valence-corrected chi connectivity index (χ3v) is 2.85. The van der Waals surface area contributed by atoms with E-state index in [0.29, 0.717) is 25.6 Å². The second-order valence-electron chi connectivity index (χ2n) is 4.55. The molecule has 110 valence electrons. The maximum absolute atomic E-state index is 11.4. The van der Waals surface area contributed by atoms with Crippen LogP contribution in [0.25, 0.3) is 0 Å². The quantitative estimate of drug-likeness (QED) is 0.702. The Balaban J connectivity index is 1.76. The van der Waals surface area contributed by atoms with Gasteiger partial charge in [0, 0.05) is 19.0 Å². The molecule has 0 saturated heterocycles. The Labute approximate surface area is 122 Å². The number of hydrogen-bond donors (Lipinski definition) is 2. The molecule has 1 aliphatic rings. The minimum Gasteiger partial charge on any atom is -0.463 e. The first-order valence-corrected chi connectivity index (χ1v) is 7.12. The number of amides is 1. The molecule has 1 heterocycles. The van der Waals surface area contributed by atoms with E-state index in [2.05, 4.69) is 25.6 Å². The summed E-state index contributed by atoms with van der Waals surface area (Å²) in [7, 11) is 0. The summed E-state index contributed by atoms with van der Waals surface area (Å²) in [6, 6.07) is 0.205. The van der Waals surface area contributed by atoms with E-state index in [-0.39, 0.29) is 23.1 Å². The van der Waals surface area contributed by atoms with Crippen LogP contribution >= 0.6 is 11.6 Å². The molecule has 1 aromatic rings. The van der Waals surface area contributed by atoms with E-state index in [1.807, 2.05) is 6.92 Å². The molecule has 1 amide bonds. The van der Waals surface area contributed by atoms with Gasteiger partial charge in [-0.15, -0.1) is 0 Å². The predicted molar refractivity (Wildman–Crippen MR) is 74.8 cm³/mol. The average molecular weight is 300 g/mol. The molecule has 20 heavy (non-hydrogen) atoms. The first-order chi connectivity index (χ1) is 9.69. The number of carbonyl (C=O) groups excluding carboxylic acids is 1. The van der Waals surface area contributed by atoms with Crippen LogP contribution in [0.15, 0.2) is 0 Å². The fourth-order valence-electron chi connectivity index (χ4n) is 1.52. The molecule has 1 aliphatic carbocycles. The molecule has 8 heteroatoms. The lowest BCUT2D eigenvalue weighted by Gasteiger charge is -2.08. The van der Waals surface area contributed by atoms with E-state index in [1.54, 1.807) is 0 Å². The van der Waals surface area contributed by atoms with Crippen molar-refractivity contribution in [1.29, 1.82) is 0 Å². The van der Waals surface area contributed by atoms with Gasteiger partial charge in [-0.05, 0) is 30.9 Å². The number of nitrogens with zero attached hydrogens (tertiary/aromatic N) is 3. The summed E-state index contributed by atoms with van der Waals surface area (Å²) in [6.07, 6.45) is 2.86. The van der Waals surface area contributed by atoms with Crippen LogP contribution < -0.4 is 15.4 Å². The summed E-state index contributed by atoms with van der Waals surface area (Å²) in [5, 5.41) is 5.90. The van der Waals surface area contributed by atoms with E-state index >= 15 is 0 Å². The average Bonchev–Trinajstić information content (AvgIpc) is 3.25. The van der Waals surface area contributed by atoms with Crippen LogP contribution in [-0.2, 0) is 4.79 Å². The van der Waals surface area contributed by atoms with Crippen molar-refractivity contribution in [2.75, 3.05) is 25.0 Å². The minimum absolute atomic E-state index is 0.0793. The van der Waals surface area contributed by atoms with Crippen LogP contribution in [-0.4, -0.2) is 40.6 Å². The molecule has 0 spiro atoms. The van der Waals surface area contributed by atoms with Gasteiger partial charge in [-0.3, -0.25) is 4.79 Å². The lowest BCUT2D eigenvalue weighted by molar-refractivity contribution is -0.122. The number of ether oxygens (including phenoxy) is 1. The molecule has 7 nitrogen and oxygen atoms in total. The van der Waals surface area contributed by atoms with Crippen LogP contribution in [0.2, 0.25) is 5.28 Å². The summed E-state index contributed by atoms with van der Waals surface area (Å²) in [5.74, 6) is 0.680. The lowest BCUT2D eigenvalue weighted by Crippen LogP contribution is -2.30. The zero-order valence-corrected chi connectivity index (χ0v) is 12.1. The van der Waals surface area contributed by atoms with E-state index in [4.69, 9.17) is 16.3 Å². The molecule has 0 aliphatic heterocycles. The van der Waals surface area contributed by atoms with Gasteiger partial charge in [0.05, 0.1) is 6.61 Å². The molecule has 0 bridgehead atoms. The van der Waals surface area contributed by atoms with Crippen molar-refractivity contribution in [2.45, 2.75) is 26.2 Å². The van der Waals surface area contributed by atoms with Gasteiger partial charge in [0.15, 0.2) is 0 Å². The zero-order chi connectivity index (χ0) is 14.4. The molecule has 0 radical (unpaired) electrons. The molecule has 1 saturated carbocycles. The van der Waals surface area contributed by atoms with Gasteiger partial charge < -0.3 is 15.4 Å². The van der Waals surface area contributed by atoms with Crippen LogP contribution in [0, 0.1) is 5.92 Å².